The number of carbonyl (C=O) groups excluding carboxylic acids is 1. The molecule has 1 atom stereocenters. The molecular formula is C31H43BrClN3O4Si. The number of hydrogen-bond donors (Lipinski definition) is 1. The summed E-state index contributed by atoms with van der Waals surface area (Å²) >= 11 is 9.51. The van der Waals surface area contributed by atoms with E-state index in [-0.39, 0.29) is 17.7 Å². The fourth-order valence-electron chi connectivity index (χ4n) is 4.88. The molecule has 0 radical (unpaired) electrons. The van der Waals surface area contributed by atoms with E-state index in [2.05, 4.69) is 95.6 Å². The Labute approximate surface area is 259 Å². The Balaban J connectivity index is 1.66. The minimum absolute atomic E-state index is 0.0861. The fraction of sp³-hybridized carbons (Fsp3) is 0.484. The van der Waals surface area contributed by atoms with Crippen LogP contribution in [-0.2, 0) is 26.3 Å². The lowest BCUT2D eigenvalue weighted by Gasteiger charge is -2.43. The molecule has 1 heterocycles. The van der Waals surface area contributed by atoms with E-state index < -0.39 is 20.0 Å². The summed E-state index contributed by atoms with van der Waals surface area (Å²) in [5.74, 6) is 0.304. The molecule has 0 fully saturated rings. The molecule has 3 aromatic rings. The highest BCUT2D eigenvalue weighted by molar-refractivity contribution is 9.10. The molecule has 3 rings (SSSR count). The van der Waals surface area contributed by atoms with E-state index in [0.717, 1.165) is 5.69 Å². The summed E-state index contributed by atoms with van der Waals surface area (Å²) in [7, 11) is -2.59. The first-order valence-corrected chi connectivity index (χ1v) is 17.2. The van der Waals surface area contributed by atoms with Crippen molar-refractivity contribution in [3.63, 3.8) is 0 Å². The van der Waals surface area contributed by atoms with Gasteiger partial charge in [0.2, 0.25) is 0 Å². The maximum absolute atomic E-state index is 12.6. The van der Waals surface area contributed by atoms with Crippen LogP contribution in [0.4, 0.5) is 4.79 Å². The average Bonchev–Trinajstić information content (AvgIpc) is 3.26. The Morgan fingerprint density at radius 1 is 1.00 bits per heavy atom. The first-order valence-electron chi connectivity index (χ1n) is 14.0. The highest BCUT2D eigenvalue weighted by Crippen LogP contribution is 2.36. The number of benzene rings is 2. The van der Waals surface area contributed by atoms with Gasteiger partial charge in [0.1, 0.15) is 10.2 Å². The van der Waals surface area contributed by atoms with Crippen LogP contribution in [0.3, 0.4) is 0 Å². The van der Waals surface area contributed by atoms with Crippen LogP contribution in [0.5, 0.6) is 0 Å². The number of hydrogen-bond acceptors (Lipinski definition) is 5. The molecule has 0 bridgehead atoms. The third-order valence-electron chi connectivity index (χ3n) is 6.57. The summed E-state index contributed by atoms with van der Waals surface area (Å²) < 4.78 is 21.0. The topological polar surface area (TPSA) is 74.6 Å². The van der Waals surface area contributed by atoms with Gasteiger partial charge in [-0.05, 0) is 64.6 Å². The molecule has 2 aromatic carbocycles. The quantitative estimate of drug-likeness (QED) is 0.133. The number of ether oxygens (including phenoxy) is 2. The molecule has 1 aromatic heterocycles. The molecule has 41 heavy (non-hydrogen) atoms. The molecule has 0 saturated carbocycles. The lowest BCUT2D eigenvalue weighted by atomic mass is 10.2. The van der Waals surface area contributed by atoms with E-state index in [4.69, 9.17) is 25.5 Å². The van der Waals surface area contributed by atoms with Crippen molar-refractivity contribution in [2.24, 2.45) is 0 Å². The van der Waals surface area contributed by atoms with E-state index >= 15 is 0 Å². The smallest absolute Gasteiger partial charge is 0.408 e. The third kappa shape index (κ3) is 9.41. The van der Waals surface area contributed by atoms with Gasteiger partial charge in [-0.2, -0.15) is 5.10 Å². The molecule has 7 nitrogen and oxygen atoms in total. The summed E-state index contributed by atoms with van der Waals surface area (Å²) in [4.78, 5) is 12.6. The predicted molar refractivity (Wildman–Crippen MR) is 172 cm³/mol. The molecule has 0 aliphatic heterocycles. The second-order valence-corrected chi connectivity index (χ2v) is 17.4. The number of carbonyl (C=O) groups is 1. The van der Waals surface area contributed by atoms with Crippen molar-refractivity contribution in [3.8, 4) is 0 Å². The van der Waals surface area contributed by atoms with Gasteiger partial charge in [0, 0.05) is 13.2 Å². The standard InChI is InChI=1S/C31H43BrClN3O4Si/c1-30(2,3)40-29(37)34-24(22-36-25(21-33)20-28(32)35-36)23-38-18-13-19-39-41(31(4,5)6,26-14-9-7-10-15-26)27-16-11-8-12-17-27/h7-12,14-17,20,24H,13,18-19,21-23H2,1-6H3,(H,34,37)/t24-/m0/s1. The molecular weight excluding hydrogens is 622 g/mol. The van der Waals surface area contributed by atoms with Gasteiger partial charge in [-0.25, -0.2) is 4.79 Å². The Morgan fingerprint density at radius 3 is 2.10 bits per heavy atom. The zero-order valence-corrected chi connectivity index (χ0v) is 28.3. The van der Waals surface area contributed by atoms with Crippen LogP contribution in [0.1, 0.15) is 53.7 Å². The SMILES string of the molecule is CC(C)(C)OC(=O)N[C@H](COCCCO[Si](c1ccccc1)(c1ccccc1)C(C)(C)C)Cn1nc(Br)cc1CCl. The summed E-state index contributed by atoms with van der Waals surface area (Å²) in [6.45, 7) is 14.0. The van der Waals surface area contributed by atoms with Crippen molar-refractivity contribution in [1.29, 1.82) is 0 Å². The second-order valence-electron chi connectivity index (χ2n) is 12.1. The third-order valence-corrected chi connectivity index (χ3v) is 12.3. The number of rotatable bonds is 13. The van der Waals surface area contributed by atoms with E-state index in [1.165, 1.54) is 10.4 Å². The number of nitrogens with zero attached hydrogens (tertiary/aromatic N) is 2. The molecule has 10 heteroatoms. The van der Waals surface area contributed by atoms with Gasteiger partial charge in [-0.3, -0.25) is 4.68 Å². The number of halogens is 2. The van der Waals surface area contributed by atoms with Crippen LogP contribution in [0.15, 0.2) is 71.3 Å². The van der Waals surface area contributed by atoms with Gasteiger partial charge in [0.25, 0.3) is 8.32 Å². The minimum atomic E-state index is -2.59. The summed E-state index contributed by atoms with van der Waals surface area (Å²) in [5, 5.41) is 9.80. The zero-order valence-electron chi connectivity index (χ0n) is 25.0. The first-order chi connectivity index (χ1) is 19.4. The van der Waals surface area contributed by atoms with Gasteiger partial charge < -0.3 is 19.2 Å². The molecule has 1 N–H and O–H groups in total. The van der Waals surface area contributed by atoms with Gasteiger partial charge >= 0.3 is 6.09 Å². The summed E-state index contributed by atoms with van der Waals surface area (Å²) in [6, 6.07) is 22.7. The van der Waals surface area contributed by atoms with Crippen LogP contribution in [-0.4, -0.2) is 55.7 Å². The Kier molecular flexibility index (Phi) is 12.1. The Hall–Kier alpha value is -2.17. The molecule has 1 amide bonds. The van der Waals surface area contributed by atoms with E-state index in [0.29, 0.717) is 36.7 Å². The molecule has 224 valence electrons. The zero-order chi connectivity index (χ0) is 30.1. The van der Waals surface area contributed by atoms with Crippen molar-refractivity contribution in [1.82, 2.24) is 15.1 Å². The maximum atomic E-state index is 12.6. The van der Waals surface area contributed by atoms with Gasteiger partial charge in [-0.1, -0.05) is 81.4 Å². The molecule has 0 aliphatic rings. The van der Waals surface area contributed by atoms with E-state index in [1.807, 2.05) is 39.0 Å². The summed E-state index contributed by atoms with van der Waals surface area (Å²) in [5.41, 5.74) is 0.234. The number of amides is 1. The normalized spacial score (nSPS) is 13.2. The highest BCUT2D eigenvalue weighted by atomic mass is 79.9. The van der Waals surface area contributed by atoms with Crippen molar-refractivity contribution in [3.05, 3.63) is 77.0 Å². The minimum Gasteiger partial charge on any atom is -0.444 e. The number of nitrogens with one attached hydrogen (secondary N) is 1. The van der Waals surface area contributed by atoms with Crippen LogP contribution in [0.2, 0.25) is 5.04 Å². The van der Waals surface area contributed by atoms with Crippen molar-refractivity contribution >= 4 is 52.3 Å². The lowest BCUT2D eigenvalue weighted by molar-refractivity contribution is 0.0417. The van der Waals surface area contributed by atoms with E-state index in [9.17, 15) is 4.79 Å². The molecule has 0 spiro atoms. The number of aromatic nitrogens is 2. The maximum Gasteiger partial charge on any atom is 0.408 e. The molecule has 0 saturated heterocycles. The van der Waals surface area contributed by atoms with Crippen LogP contribution >= 0.6 is 27.5 Å². The van der Waals surface area contributed by atoms with E-state index in [1.54, 1.807) is 4.68 Å². The second kappa shape index (κ2) is 14.8. The molecule has 0 aliphatic carbocycles. The monoisotopic (exact) mass is 663 g/mol. The van der Waals surface area contributed by atoms with Gasteiger partial charge in [0.05, 0.1) is 30.8 Å². The average molecular weight is 665 g/mol. The Bertz CT molecular complexity index is 1190. The highest BCUT2D eigenvalue weighted by Gasteiger charge is 2.49. The lowest BCUT2D eigenvalue weighted by Crippen LogP contribution is -2.66. The number of alkyl carbamates (subject to hydrolysis) is 1. The predicted octanol–water partition coefficient (Wildman–Crippen LogP) is 6.26. The van der Waals surface area contributed by atoms with Crippen LogP contribution in [0.25, 0.3) is 0 Å². The summed E-state index contributed by atoms with van der Waals surface area (Å²) in [6.07, 6.45) is 0.212. The van der Waals surface area contributed by atoms with Crippen LogP contribution < -0.4 is 15.7 Å². The fourth-order valence-corrected chi connectivity index (χ4v) is 10.2. The Morgan fingerprint density at radius 2 is 1.59 bits per heavy atom. The van der Waals surface area contributed by atoms with Crippen molar-refractivity contribution < 1.29 is 18.7 Å². The van der Waals surface area contributed by atoms with Gasteiger partial charge in [-0.15, -0.1) is 11.6 Å². The largest absolute Gasteiger partial charge is 0.444 e. The van der Waals surface area contributed by atoms with Crippen LogP contribution in [0, 0.1) is 0 Å². The van der Waals surface area contributed by atoms with Gasteiger partial charge in [0.15, 0.2) is 0 Å². The first kappa shape index (κ1) is 33.3. The molecule has 0 unspecified atom stereocenters. The van der Waals surface area contributed by atoms with Crippen molar-refractivity contribution in [2.75, 3.05) is 19.8 Å². The van der Waals surface area contributed by atoms with Crippen molar-refractivity contribution in [2.45, 2.75) is 77.1 Å². The number of alkyl halides is 1.